The normalized spacial score (nSPS) is 21.9. The summed E-state index contributed by atoms with van der Waals surface area (Å²) in [6, 6.07) is 5.98. The van der Waals surface area contributed by atoms with Gasteiger partial charge in [0.2, 0.25) is 0 Å². The molecule has 1 unspecified atom stereocenters. The fraction of sp³-hybridized carbons (Fsp3) is 0.562. The minimum Gasteiger partial charge on any atom is -0.367 e. The lowest BCUT2D eigenvalue weighted by atomic mass is 10.0. The number of ether oxygens (including phenoxy) is 1. The van der Waals surface area contributed by atoms with Gasteiger partial charge in [0.25, 0.3) is 5.91 Å². The lowest BCUT2D eigenvalue weighted by Crippen LogP contribution is -2.56. The summed E-state index contributed by atoms with van der Waals surface area (Å²) in [6.45, 7) is 9.55. The van der Waals surface area contributed by atoms with E-state index in [-0.39, 0.29) is 17.6 Å². The monoisotopic (exact) mass is 276 g/mol. The Labute approximate surface area is 120 Å². The minimum absolute atomic E-state index is 0.0704. The van der Waals surface area contributed by atoms with Crippen LogP contribution in [-0.4, -0.2) is 42.1 Å². The van der Waals surface area contributed by atoms with Crippen LogP contribution in [-0.2, 0) is 4.74 Å². The van der Waals surface area contributed by atoms with Gasteiger partial charge >= 0.3 is 0 Å². The van der Waals surface area contributed by atoms with Crippen molar-refractivity contribution in [3.8, 4) is 0 Å². The lowest BCUT2D eigenvalue weighted by Gasteiger charge is -2.42. The molecule has 1 fully saturated rings. The van der Waals surface area contributed by atoms with Gasteiger partial charge in [0, 0.05) is 25.2 Å². The molecule has 0 bridgehead atoms. The van der Waals surface area contributed by atoms with E-state index in [4.69, 9.17) is 10.5 Å². The second kappa shape index (κ2) is 5.54. The number of carbonyl (C=O) groups excluding carboxylic acids is 1. The standard InChI is InChI=1S/C16H24N2O2/c1-11-5-6-12(2)14(7-11)15(19)18-9-13(8-17)20-16(3,4)10-18/h5-7,13H,8-10,17H2,1-4H3. The van der Waals surface area contributed by atoms with Gasteiger partial charge in [-0.05, 0) is 39.3 Å². The second-order valence-electron chi connectivity index (χ2n) is 6.24. The SMILES string of the molecule is Cc1ccc(C)c(C(=O)N2CC(CN)OC(C)(C)C2)c1. The Morgan fingerprint density at radius 3 is 2.80 bits per heavy atom. The van der Waals surface area contributed by atoms with Crippen LogP contribution in [0, 0.1) is 13.8 Å². The molecule has 0 aliphatic carbocycles. The van der Waals surface area contributed by atoms with Gasteiger partial charge < -0.3 is 15.4 Å². The molecule has 2 rings (SSSR count). The van der Waals surface area contributed by atoms with Crippen LogP contribution in [0.3, 0.4) is 0 Å². The number of morpholine rings is 1. The van der Waals surface area contributed by atoms with Crippen LogP contribution >= 0.6 is 0 Å². The van der Waals surface area contributed by atoms with Gasteiger partial charge in [-0.2, -0.15) is 0 Å². The van der Waals surface area contributed by atoms with Crippen LogP contribution in [0.15, 0.2) is 18.2 Å². The molecule has 0 aromatic heterocycles. The quantitative estimate of drug-likeness (QED) is 0.897. The van der Waals surface area contributed by atoms with E-state index in [9.17, 15) is 4.79 Å². The van der Waals surface area contributed by atoms with Crippen molar-refractivity contribution in [1.82, 2.24) is 4.90 Å². The van der Waals surface area contributed by atoms with E-state index in [1.807, 2.05) is 50.8 Å². The van der Waals surface area contributed by atoms with Crippen molar-refractivity contribution in [2.75, 3.05) is 19.6 Å². The molecule has 1 atom stereocenters. The summed E-state index contributed by atoms with van der Waals surface area (Å²) in [7, 11) is 0. The van der Waals surface area contributed by atoms with E-state index >= 15 is 0 Å². The van der Waals surface area contributed by atoms with Crippen molar-refractivity contribution in [3.63, 3.8) is 0 Å². The Kier molecular flexibility index (Phi) is 4.16. The molecule has 1 heterocycles. The van der Waals surface area contributed by atoms with Crippen LogP contribution in [0.5, 0.6) is 0 Å². The van der Waals surface area contributed by atoms with Gasteiger partial charge in [-0.15, -0.1) is 0 Å². The first kappa shape index (κ1) is 15.0. The molecule has 0 radical (unpaired) electrons. The van der Waals surface area contributed by atoms with Crippen molar-refractivity contribution in [1.29, 1.82) is 0 Å². The summed E-state index contributed by atoms with van der Waals surface area (Å²) in [5.74, 6) is 0.0704. The van der Waals surface area contributed by atoms with Crippen molar-refractivity contribution in [3.05, 3.63) is 34.9 Å². The lowest BCUT2D eigenvalue weighted by molar-refractivity contribution is -0.122. The summed E-state index contributed by atoms with van der Waals surface area (Å²) < 4.78 is 5.87. The minimum atomic E-state index is -0.352. The molecular weight excluding hydrogens is 252 g/mol. The Bertz CT molecular complexity index is 511. The number of aryl methyl sites for hydroxylation is 2. The average Bonchev–Trinajstić information content (AvgIpc) is 2.38. The topological polar surface area (TPSA) is 55.6 Å². The maximum absolute atomic E-state index is 12.8. The molecule has 1 saturated heterocycles. The van der Waals surface area contributed by atoms with Crippen molar-refractivity contribution in [2.45, 2.75) is 39.4 Å². The third kappa shape index (κ3) is 3.19. The first-order valence-corrected chi connectivity index (χ1v) is 7.07. The van der Waals surface area contributed by atoms with Crippen LogP contribution in [0.2, 0.25) is 0 Å². The molecule has 2 N–H and O–H groups in total. The zero-order valence-electron chi connectivity index (χ0n) is 12.8. The van der Waals surface area contributed by atoms with E-state index in [0.717, 1.165) is 16.7 Å². The molecule has 4 nitrogen and oxygen atoms in total. The highest BCUT2D eigenvalue weighted by molar-refractivity contribution is 5.96. The fourth-order valence-electron chi connectivity index (χ4n) is 2.71. The zero-order chi connectivity index (χ0) is 14.9. The molecule has 1 amide bonds. The number of amides is 1. The maximum Gasteiger partial charge on any atom is 0.254 e. The number of hydrogen-bond acceptors (Lipinski definition) is 3. The van der Waals surface area contributed by atoms with E-state index in [1.165, 1.54) is 0 Å². The number of benzene rings is 1. The summed E-state index contributed by atoms with van der Waals surface area (Å²) in [5.41, 5.74) is 8.25. The molecule has 110 valence electrons. The van der Waals surface area contributed by atoms with Gasteiger partial charge in [0.1, 0.15) is 0 Å². The average molecular weight is 276 g/mol. The van der Waals surface area contributed by atoms with E-state index in [1.54, 1.807) is 0 Å². The highest BCUT2D eigenvalue weighted by Crippen LogP contribution is 2.23. The smallest absolute Gasteiger partial charge is 0.254 e. The molecule has 0 spiro atoms. The predicted molar refractivity (Wildman–Crippen MR) is 79.8 cm³/mol. The third-order valence-corrected chi connectivity index (χ3v) is 3.65. The number of carbonyl (C=O) groups is 1. The van der Waals surface area contributed by atoms with E-state index in [0.29, 0.717) is 19.6 Å². The highest BCUT2D eigenvalue weighted by Gasteiger charge is 2.35. The third-order valence-electron chi connectivity index (χ3n) is 3.65. The van der Waals surface area contributed by atoms with Gasteiger partial charge in [0.05, 0.1) is 11.7 Å². The molecule has 1 aromatic carbocycles. The highest BCUT2D eigenvalue weighted by atomic mass is 16.5. The van der Waals surface area contributed by atoms with Gasteiger partial charge in [0.15, 0.2) is 0 Å². The zero-order valence-corrected chi connectivity index (χ0v) is 12.8. The van der Waals surface area contributed by atoms with Gasteiger partial charge in [-0.1, -0.05) is 17.7 Å². The Balaban J connectivity index is 2.25. The number of nitrogens with zero attached hydrogens (tertiary/aromatic N) is 1. The summed E-state index contributed by atoms with van der Waals surface area (Å²) in [5, 5.41) is 0. The van der Waals surface area contributed by atoms with Crippen LogP contribution in [0.25, 0.3) is 0 Å². The first-order chi connectivity index (χ1) is 9.32. The molecule has 1 aliphatic heterocycles. The van der Waals surface area contributed by atoms with Crippen LogP contribution in [0.1, 0.15) is 35.3 Å². The summed E-state index contributed by atoms with van der Waals surface area (Å²) in [6.07, 6.45) is -0.0900. The second-order valence-corrected chi connectivity index (χ2v) is 6.24. The van der Waals surface area contributed by atoms with E-state index < -0.39 is 0 Å². The molecule has 0 saturated carbocycles. The molecule has 4 heteroatoms. The molecule has 1 aromatic rings. The Morgan fingerprint density at radius 2 is 2.15 bits per heavy atom. The van der Waals surface area contributed by atoms with Crippen molar-refractivity contribution in [2.24, 2.45) is 5.73 Å². The molecule has 20 heavy (non-hydrogen) atoms. The molecular formula is C16H24N2O2. The Hall–Kier alpha value is -1.39. The number of nitrogens with two attached hydrogens (primary N) is 1. The largest absolute Gasteiger partial charge is 0.367 e. The maximum atomic E-state index is 12.8. The fourth-order valence-corrected chi connectivity index (χ4v) is 2.71. The molecule has 1 aliphatic rings. The predicted octanol–water partition coefficient (Wildman–Crippen LogP) is 1.88. The van der Waals surface area contributed by atoms with Crippen LogP contribution < -0.4 is 5.73 Å². The van der Waals surface area contributed by atoms with Crippen LogP contribution in [0.4, 0.5) is 0 Å². The number of hydrogen-bond donors (Lipinski definition) is 1. The summed E-state index contributed by atoms with van der Waals surface area (Å²) >= 11 is 0. The van der Waals surface area contributed by atoms with Crippen molar-refractivity contribution >= 4 is 5.91 Å². The number of rotatable bonds is 2. The first-order valence-electron chi connectivity index (χ1n) is 7.07. The van der Waals surface area contributed by atoms with Gasteiger partial charge in [-0.3, -0.25) is 4.79 Å². The summed E-state index contributed by atoms with van der Waals surface area (Å²) in [4.78, 5) is 14.6. The van der Waals surface area contributed by atoms with Gasteiger partial charge in [-0.25, -0.2) is 0 Å². The van der Waals surface area contributed by atoms with Crippen molar-refractivity contribution < 1.29 is 9.53 Å². The van der Waals surface area contributed by atoms with E-state index in [2.05, 4.69) is 0 Å². The Morgan fingerprint density at radius 1 is 1.45 bits per heavy atom.